The SMILES string of the molecule is CCNC(=NCc1cc(OC)ccc1OC(F)F)NCCc1ccccn1. The van der Waals surface area contributed by atoms with Crippen LogP contribution >= 0.6 is 0 Å². The summed E-state index contributed by atoms with van der Waals surface area (Å²) in [7, 11) is 1.51. The average Bonchev–Trinajstić information content (AvgIpc) is 2.67. The Morgan fingerprint density at radius 2 is 2.07 bits per heavy atom. The van der Waals surface area contributed by atoms with Crippen molar-refractivity contribution in [1.29, 1.82) is 0 Å². The van der Waals surface area contributed by atoms with Gasteiger partial charge in [-0.2, -0.15) is 8.78 Å². The molecule has 1 aromatic heterocycles. The highest BCUT2D eigenvalue weighted by Crippen LogP contribution is 2.26. The highest BCUT2D eigenvalue weighted by molar-refractivity contribution is 5.79. The van der Waals surface area contributed by atoms with E-state index in [1.54, 1.807) is 18.3 Å². The number of methoxy groups -OCH3 is 1. The molecule has 0 saturated carbocycles. The van der Waals surface area contributed by atoms with Crippen LogP contribution in [0.4, 0.5) is 8.78 Å². The van der Waals surface area contributed by atoms with Gasteiger partial charge < -0.3 is 20.1 Å². The van der Waals surface area contributed by atoms with E-state index < -0.39 is 6.61 Å². The number of nitrogens with zero attached hydrogens (tertiary/aromatic N) is 2. The molecule has 0 spiro atoms. The van der Waals surface area contributed by atoms with Gasteiger partial charge in [-0.25, -0.2) is 4.99 Å². The summed E-state index contributed by atoms with van der Waals surface area (Å²) < 4.78 is 34.9. The quantitative estimate of drug-likeness (QED) is 0.519. The van der Waals surface area contributed by atoms with Crippen LogP contribution in [-0.2, 0) is 13.0 Å². The molecule has 1 aromatic carbocycles. The van der Waals surface area contributed by atoms with E-state index in [-0.39, 0.29) is 12.3 Å². The second kappa shape index (κ2) is 10.9. The normalized spacial score (nSPS) is 11.4. The fourth-order valence-corrected chi connectivity index (χ4v) is 2.38. The lowest BCUT2D eigenvalue weighted by Crippen LogP contribution is -2.38. The topological polar surface area (TPSA) is 67.8 Å². The van der Waals surface area contributed by atoms with Gasteiger partial charge in [0.05, 0.1) is 13.7 Å². The highest BCUT2D eigenvalue weighted by atomic mass is 19.3. The number of nitrogens with one attached hydrogen (secondary N) is 2. The number of aliphatic imine (C=N–C) groups is 1. The van der Waals surface area contributed by atoms with Crippen LogP contribution < -0.4 is 20.1 Å². The van der Waals surface area contributed by atoms with Gasteiger partial charge in [0.2, 0.25) is 0 Å². The first-order valence-electron chi connectivity index (χ1n) is 8.66. The molecule has 0 aliphatic heterocycles. The second-order valence-electron chi connectivity index (χ2n) is 5.55. The molecular formula is C19H24F2N4O2. The smallest absolute Gasteiger partial charge is 0.387 e. The van der Waals surface area contributed by atoms with Gasteiger partial charge in [-0.1, -0.05) is 6.07 Å². The minimum Gasteiger partial charge on any atom is -0.497 e. The van der Waals surface area contributed by atoms with Crippen LogP contribution in [0, 0.1) is 0 Å². The summed E-state index contributed by atoms with van der Waals surface area (Å²) in [5.41, 5.74) is 1.48. The third kappa shape index (κ3) is 7.08. The number of benzene rings is 1. The van der Waals surface area contributed by atoms with Crippen molar-refractivity contribution in [3.8, 4) is 11.5 Å². The number of ether oxygens (including phenoxy) is 2. The predicted molar refractivity (Wildman–Crippen MR) is 100 cm³/mol. The van der Waals surface area contributed by atoms with E-state index in [1.807, 2.05) is 25.1 Å². The van der Waals surface area contributed by atoms with Gasteiger partial charge in [0.25, 0.3) is 0 Å². The van der Waals surface area contributed by atoms with Gasteiger partial charge in [-0.3, -0.25) is 4.98 Å². The fraction of sp³-hybridized carbons (Fsp3) is 0.368. The van der Waals surface area contributed by atoms with E-state index in [1.165, 1.54) is 13.2 Å². The predicted octanol–water partition coefficient (Wildman–Crippen LogP) is 2.99. The molecule has 0 aliphatic rings. The minimum absolute atomic E-state index is 0.0823. The largest absolute Gasteiger partial charge is 0.497 e. The van der Waals surface area contributed by atoms with E-state index >= 15 is 0 Å². The molecule has 0 aliphatic carbocycles. The van der Waals surface area contributed by atoms with Crippen molar-refractivity contribution in [2.75, 3.05) is 20.2 Å². The molecule has 2 rings (SSSR count). The number of aromatic nitrogens is 1. The Kier molecular flexibility index (Phi) is 8.28. The Labute approximate surface area is 157 Å². The van der Waals surface area contributed by atoms with E-state index in [9.17, 15) is 8.78 Å². The first-order valence-corrected chi connectivity index (χ1v) is 8.66. The van der Waals surface area contributed by atoms with Crippen molar-refractivity contribution >= 4 is 5.96 Å². The summed E-state index contributed by atoms with van der Waals surface area (Å²) >= 11 is 0. The molecule has 8 heteroatoms. The average molecular weight is 378 g/mol. The van der Waals surface area contributed by atoms with Crippen LogP contribution in [-0.4, -0.2) is 37.8 Å². The van der Waals surface area contributed by atoms with Crippen molar-refractivity contribution < 1.29 is 18.3 Å². The second-order valence-corrected chi connectivity index (χ2v) is 5.55. The van der Waals surface area contributed by atoms with Gasteiger partial charge in [0, 0.05) is 37.0 Å². The number of rotatable bonds is 9. The summed E-state index contributed by atoms with van der Waals surface area (Å²) in [5, 5.41) is 6.33. The molecule has 0 fully saturated rings. The Hall–Kier alpha value is -2.90. The van der Waals surface area contributed by atoms with Gasteiger partial charge in [0.1, 0.15) is 11.5 Å². The summed E-state index contributed by atoms with van der Waals surface area (Å²) in [5.74, 6) is 1.22. The Balaban J connectivity index is 2.04. The number of halogens is 2. The molecule has 0 atom stereocenters. The number of guanidine groups is 1. The molecule has 146 valence electrons. The molecule has 2 N–H and O–H groups in total. The Morgan fingerprint density at radius 3 is 2.74 bits per heavy atom. The van der Waals surface area contributed by atoms with Crippen molar-refractivity contribution in [2.45, 2.75) is 26.5 Å². The summed E-state index contributed by atoms with van der Waals surface area (Å²) in [6.07, 6.45) is 2.49. The van der Waals surface area contributed by atoms with Gasteiger partial charge in [-0.15, -0.1) is 0 Å². The maximum Gasteiger partial charge on any atom is 0.387 e. The molecule has 27 heavy (non-hydrogen) atoms. The van der Waals surface area contributed by atoms with Crippen LogP contribution in [0.25, 0.3) is 0 Å². The van der Waals surface area contributed by atoms with Crippen molar-refractivity contribution in [1.82, 2.24) is 15.6 Å². The zero-order valence-corrected chi connectivity index (χ0v) is 15.4. The molecular weight excluding hydrogens is 354 g/mol. The third-order valence-electron chi connectivity index (χ3n) is 3.64. The van der Waals surface area contributed by atoms with Crippen LogP contribution in [0.2, 0.25) is 0 Å². The number of alkyl halides is 2. The van der Waals surface area contributed by atoms with Crippen molar-refractivity contribution in [2.24, 2.45) is 4.99 Å². The minimum atomic E-state index is -2.90. The molecule has 2 aromatic rings. The van der Waals surface area contributed by atoms with E-state index in [0.717, 1.165) is 12.1 Å². The van der Waals surface area contributed by atoms with E-state index in [0.29, 0.717) is 30.4 Å². The van der Waals surface area contributed by atoms with Crippen LogP contribution in [0.1, 0.15) is 18.2 Å². The Morgan fingerprint density at radius 1 is 1.22 bits per heavy atom. The molecule has 1 heterocycles. The maximum atomic E-state index is 12.6. The Bertz CT molecular complexity index is 727. The zero-order valence-electron chi connectivity index (χ0n) is 15.4. The molecule has 0 unspecified atom stereocenters. The lowest BCUT2D eigenvalue weighted by atomic mass is 10.2. The maximum absolute atomic E-state index is 12.6. The fourth-order valence-electron chi connectivity index (χ4n) is 2.38. The summed E-state index contributed by atoms with van der Waals surface area (Å²) in [6, 6.07) is 10.4. The monoisotopic (exact) mass is 378 g/mol. The lowest BCUT2D eigenvalue weighted by Gasteiger charge is -2.13. The van der Waals surface area contributed by atoms with Crippen molar-refractivity contribution in [3.63, 3.8) is 0 Å². The number of hydrogen-bond acceptors (Lipinski definition) is 4. The van der Waals surface area contributed by atoms with Gasteiger partial charge in [-0.05, 0) is 37.3 Å². The molecule has 6 nitrogen and oxygen atoms in total. The van der Waals surface area contributed by atoms with Crippen LogP contribution in [0.5, 0.6) is 11.5 Å². The van der Waals surface area contributed by atoms with Crippen molar-refractivity contribution in [3.05, 3.63) is 53.9 Å². The molecule has 0 amide bonds. The molecule has 0 radical (unpaired) electrons. The van der Waals surface area contributed by atoms with E-state index in [4.69, 9.17) is 4.74 Å². The third-order valence-corrected chi connectivity index (χ3v) is 3.64. The highest BCUT2D eigenvalue weighted by Gasteiger charge is 2.11. The molecule has 0 bridgehead atoms. The lowest BCUT2D eigenvalue weighted by molar-refractivity contribution is -0.0504. The number of pyridine rings is 1. The standard InChI is InChI=1S/C19H24F2N4O2/c1-3-22-19(24-11-9-15-6-4-5-10-23-15)25-13-14-12-16(26-2)7-8-17(14)27-18(20)21/h4-8,10,12,18H,3,9,11,13H2,1-2H3,(H2,22,24,25). The van der Waals surface area contributed by atoms with E-state index in [2.05, 4.69) is 25.3 Å². The van der Waals surface area contributed by atoms with Crippen LogP contribution in [0.3, 0.4) is 0 Å². The molecule has 0 saturated heterocycles. The number of hydrogen-bond donors (Lipinski definition) is 2. The van der Waals surface area contributed by atoms with Gasteiger partial charge in [0.15, 0.2) is 5.96 Å². The summed E-state index contributed by atoms with van der Waals surface area (Å²) in [6.45, 7) is 0.533. The van der Waals surface area contributed by atoms with Gasteiger partial charge >= 0.3 is 6.61 Å². The first-order chi connectivity index (χ1) is 13.1. The summed E-state index contributed by atoms with van der Waals surface area (Å²) in [4.78, 5) is 8.72. The van der Waals surface area contributed by atoms with Crippen LogP contribution in [0.15, 0.2) is 47.6 Å². The zero-order chi connectivity index (χ0) is 19.5. The first kappa shape index (κ1) is 20.4.